The van der Waals surface area contributed by atoms with Crippen LogP contribution in [0.2, 0.25) is 0 Å². The molecule has 2 bridgehead atoms. The van der Waals surface area contributed by atoms with Gasteiger partial charge in [0.15, 0.2) is 0 Å². The van der Waals surface area contributed by atoms with E-state index < -0.39 is 5.60 Å². The minimum absolute atomic E-state index is 0.128. The number of hydrogen-bond donors (Lipinski definition) is 1. The van der Waals surface area contributed by atoms with Crippen molar-refractivity contribution < 1.29 is 9.53 Å². The van der Waals surface area contributed by atoms with Gasteiger partial charge in [-0.05, 0) is 50.8 Å². The van der Waals surface area contributed by atoms with Crippen molar-refractivity contribution in [3.05, 3.63) is 67.3 Å². The van der Waals surface area contributed by atoms with Crippen LogP contribution in [0.15, 0.2) is 67.3 Å². The lowest BCUT2D eigenvalue weighted by Gasteiger charge is -2.35. The van der Waals surface area contributed by atoms with Crippen LogP contribution in [0.25, 0.3) is 22.0 Å². The van der Waals surface area contributed by atoms with E-state index >= 15 is 0 Å². The van der Waals surface area contributed by atoms with Crippen LogP contribution in [0.5, 0.6) is 0 Å². The van der Waals surface area contributed by atoms with Crippen LogP contribution < -0.4 is 10.2 Å². The molecular weight excluding hydrogens is 466 g/mol. The Morgan fingerprint density at radius 2 is 1.86 bits per heavy atom. The predicted octanol–water partition coefficient (Wildman–Crippen LogP) is 5.03. The number of carbonyl (C=O) groups is 1. The Morgan fingerprint density at radius 1 is 1.00 bits per heavy atom. The van der Waals surface area contributed by atoms with Crippen molar-refractivity contribution in [2.45, 2.75) is 44.9 Å². The van der Waals surface area contributed by atoms with Gasteiger partial charge in [0.05, 0.1) is 24.0 Å². The summed E-state index contributed by atoms with van der Waals surface area (Å²) in [6.07, 6.45) is 7.48. The molecule has 0 saturated carbocycles. The zero-order chi connectivity index (χ0) is 25.6. The highest BCUT2D eigenvalue weighted by atomic mass is 16.6. The number of hydrogen-bond acceptors (Lipinski definition) is 8. The van der Waals surface area contributed by atoms with Crippen molar-refractivity contribution in [2.24, 2.45) is 0 Å². The Labute approximate surface area is 215 Å². The lowest BCUT2D eigenvalue weighted by Crippen LogP contribution is -2.50. The van der Waals surface area contributed by atoms with Gasteiger partial charge < -0.3 is 19.9 Å². The van der Waals surface area contributed by atoms with Gasteiger partial charge >= 0.3 is 6.09 Å². The molecule has 2 saturated heterocycles. The molecule has 2 fully saturated rings. The molecule has 1 amide bonds. The van der Waals surface area contributed by atoms with Crippen molar-refractivity contribution in [2.75, 3.05) is 23.3 Å². The van der Waals surface area contributed by atoms with Gasteiger partial charge in [0.2, 0.25) is 0 Å². The number of piperazine rings is 1. The highest BCUT2D eigenvalue weighted by Gasteiger charge is 2.47. The van der Waals surface area contributed by atoms with Gasteiger partial charge in [0.25, 0.3) is 0 Å². The van der Waals surface area contributed by atoms with E-state index in [0.29, 0.717) is 18.2 Å². The second-order valence-corrected chi connectivity index (χ2v) is 10.5. The molecule has 4 aromatic rings. The molecule has 0 aliphatic carbocycles. The monoisotopic (exact) mass is 495 g/mol. The highest BCUT2D eigenvalue weighted by molar-refractivity contribution is 5.96. The zero-order valence-electron chi connectivity index (χ0n) is 21.1. The molecule has 1 N–H and O–H groups in total. The molecular formula is C28H29N7O2. The normalized spacial score (nSPS) is 18.9. The minimum atomic E-state index is -0.499. The predicted molar refractivity (Wildman–Crippen MR) is 143 cm³/mol. The number of fused-ring (bicyclic) bond motifs is 3. The third-order valence-electron chi connectivity index (χ3n) is 6.74. The molecule has 0 radical (unpaired) electrons. The Bertz CT molecular complexity index is 1450. The number of carbonyl (C=O) groups excluding carboxylic acids is 1. The summed E-state index contributed by atoms with van der Waals surface area (Å²) in [6.45, 7) is 7.08. The van der Waals surface area contributed by atoms with E-state index in [1.165, 1.54) is 0 Å². The van der Waals surface area contributed by atoms with E-state index in [-0.39, 0.29) is 18.2 Å². The standard InChI is InChI=1S/C28H29N7O2/c1-28(2,3)37-27(36)35-17-20-14-21(35)16-34(20)25-13-19(8-9-31-25)26-22-7-5-4-6-18(22)12-23(33-26)32-24-15-29-10-11-30-24/h4-13,15,20-21H,14,16-17H2,1-3H3,(H,30,32,33). The highest BCUT2D eigenvalue weighted by Crippen LogP contribution is 2.37. The van der Waals surface area contributed by atoms with Crippen LogP contribution in [0.3, 0.4) is 0 Å². The summed E-state index contributed by atoms with van der Waals surface area (Å²) in [5.41, 5.74) is 1.35. The lowest BCUT2D eigenvalue weighted by molar-refractivity contribution is 0.0214. The molecule has 9 heteroatoms. The van der Waals surface area contributed by atoms with Gasteiger partial charge in [0, 0.05) is 42.6 Å². The summed E-state index contributed by atoms with van der Waals surface area (Å²) in [6, 6.07) is 14.7. The first-order valence-electron chi connectivity index (χ1n) is 12.5. The zero-order valence-corrected chi connectivity index (χ0v) is 21.1. The van der Waals surface area contributed by atoms with Gasteiger partial charge in [-0.1, -0.05) is 24.3 Å². The minimum Gasteiger partial charge on any atom is -0.444 e. The largest absolute Gasteiger partial charge is 0.444 e. The number of ether oxygens (including phenoxy) is 1. The van der Waals surface area contributed by atoms with Gasteiger partial charge in [-0.25, -0.2) is 19.7 Å². The number of aromatic nitrogens is 4. The first kappa shape index (κ1) is 23.1. The van der Waals surface area contributed by atoms with Crippen molar-refractivity contribution >= 4 is 34.3 Å². The molecule has 0 spiro atoms. The number of benzene rings is 1. The fraction of sp³-hybridized carbons (Fsp3) is 0.321. The van der Waals surface area contributed by atoms with E-state index in [1.807, 2.05) is 56.1 Å². The van der Waals surface area contributed by atoms with Crippen molar-refractivity contribution in [1.82, 2.24) is 24.8 Å². The fourth-order valence-electron chi connectivity index (χ4n) is 5.19. The summed E-state index contributed by atoms with van der Waals surface area (Å²) >= 11 is 0. The average Bonchev–Trinajstić information content (AvgIpc) is 3.50. The molecule has 2 aliphatic rings. The third kappa shape index (κ3) is 4.64. The summed E-state index contributed by atoms with van der Waals surface area (Å²) in [5.74, 6) is 2.22. The molecule has 1 aromatic carbocycles. The quantitative estimate of drug-likeness (QED) is 0.421. The van der Waals surface area contributed by atoms with Gasteiger partial charge in [-0.2, -0.15) is 0 Å². The van der Waals surface area contributed by atoms with Gasteiger partial charge in [-0.15, -0.1) is 0 Å². The molecule has 2 unspecified atom stereocenters. The Hall–Kier alpha value is -4.27. The lowest BCUT2D eigenvalue weighted by atomic mass is 10.0. The Kier molecular flexibility index (Phi) is 5.62. The SMILES string of the molecule is CC(C)(C)OC(=O)N1CC2CC1CN2c1cc(-c2nc(Nc3cnccn3)cc3ccccc23)ccn1. The number of likely N-dealkylation sites (tertiary alicyclic amines) is 1. The molecule has 188 valence electrons. The molecule has 9 nitrogen and oxygen atoms in total. The fourth-order valence-corrected chi connectivity index (χ4v) is 5.19. The summed E-state index contributed by atoms with van der Waals surface area (Å²) in [4.78, 5) is 34.9. The summed E-state index contributed by atoms with van der Waals surface area (Å²) in [5, 5.41) is 5.40. The molecule has 2 aliphatic heterocycles. The van der Waals surface area contributed by atoms with Crippen LogP contribution >= 0.6 is 0 Å². The molecule has 37 heavy (non-hydrogen) atoms. The van der Waals surface area contributed by atoms with E-state index in [2.05, 4.69) is 38.4 Å². The van der Waals surface area contributed by atoms with Crippen molar-refractivity contribution in [3.63, 3.8) is 0 Å². The second kappa shape index (κ2) is 8.99. The van der Waals surface area contributed by atoms with Crippen LogP contribution in [-0.2, 0) is 4.74 Å². The van der Waals surface area contributed by atoms with E-state index in [9.17, 15) is 4.79 Å². The number of pyridine rings is 2. The number of rotatable bonds is 4. The van der Waals surface area contributed by atoms with Crippen LogP contribution in [0, 0.1) is 0 Å². The number of amides is 1. The first-order valence-corrected chi connectivity index (χ1v) is 12.5. The number of nitrogens with zero attached hydrogens (tertiary/aromatic N) is 6. The van der Waals surface area contributed by atoms with Crippen LogP contribution in [0.1, 0.15) is 27.2 Å². The average molecular weight is 496 g/mol. The maximum atomic E-state index is 12.7. The molecule has 6 rings (SSSR count). The maximum absolute atomic E-state index is 12.7. The Balaban J connectivity index is 1.29. The van der Waals surface area contributed by atoms with Gasteiger partial charge in [0.1, 0.15) is 23.1 Å². The first-order chi connectivity index (χ1) is 17.8. The molecule has 2 atom stereocenters. The van der Waals surface area contributed by atoms with Crippen LogP contribution in [-0.4, -0.2) is 61.7 Å². The maximum Gasteiger partial charge on any atom is 0.410 e. The second-order valence-electron chi connectivity index (χ2n) is 10.5. The van der Waals surface area contributed by atoms with Crippen molar-refractivity contribution in [3.8, 4) is 11.3 Å². The van der Waals surface area contributed by atoms with Crippen molar-refractivity contribution in [1.29, 1.82) is 0 Å². The summed E-state index contributed by atoms with van der Waals surface area (Å²) < 4.78 is 5.62. The summed E-state index contributed by atoms with van der Waals surface area (Å²) in [7, 11) is 0. The smallest absolute Gasteiger partial charge is 0.410 e. The molecule has 3 aromatic heterocycles. The topological polar surface area (TPSA) is 96.4 Å². The van der Waals surface area contributed by atoms with E-state index in [0.717, 1.165) is 40.8 Å². The van der Waals surface area contributed by atoms with E-state index in [4.69, 9.17) is 14.7 Å². The van der Waals surface area contributed by atoms with E-state index in [1.54, 1.807) is 18.6 Å². The number of anilines is 3. The molecule has 5 heterocycles. The third-order valence-corrected chi connectivity index (χ3v) is 6.74. The van der Waals surface area contributed by atoms with Gasteiger partial charge in [-0.3, -0.25) is 4.98 Å². The Morgan fingerprint density at radius 3 is 2.62 bits per heavy atom. The van der Waals surface area contributed by atoms with Crippen LogP contribution in [0.4, 0.5) is 22.2 Å². The number of nitrogens with one attached hydrogen (secondary N) is 1.